The van der Waals surface area contributed by atoms with Crippen molar-refractivity contribution >= 4 is 11.4 Å². The third-order valence-corrected chi connectivity index (χ3v) is 4.33. The highest BCUT2D eigenvalue weighted by atomic mass is 19.1. The molecule has 2 nitrogen and oxygen atoms in total. The molecule has 1 aromatic rings. The van der Waals surface area contributed by atoms with Crippen molar-refractivity contribution in [3.05, 3.63) is 23.8 Å². The van der Waals surface area contributed by atoms with Gasteiger partial charge in [0.05, 0.1) is 0 Å². The first-order chi connectivity index (χ1) is 9.02. The number of benzene rings is 1. The number of nitrogens with two attached hydrogens (primary N) is 1. The summed E-state index contributed by atoms with van der Waals surface area (Å²) in [5.41, 5.74) is 5.62. The predicted octanol–water partition coefficient (Wildman–Crippen LogP) is 3.95. The van der Waals surface area contributed by atoms with E-state index < -0.39 is 11.6 Å². The zero-order valence-corrected chi connectivity index (χ0v) is 11.6. The molecule has 2 N–H and O–H groups in total. The second kappa shape index (κ2) is 5.76. The Kier molecular flexibility index (Phi) is 4.27. The third-order valence-electron chi connectivity index (χ3n) is 4.33. The maximum atomic E-state index is 13.9. The van der Waals surface area contributed by atoms with Crippen LogP contribution in [0.5, 0.6) is 0 Å². The minimum absolute atomic E-state index is 0.0501. The molecule has 1 saturated carbocycles. The standard InChI is InChI=1S/C15H22F2N2/c1-3-10-4-6-12(7-5-10)19(2)15-13(16)8-11(18)9-14(15)17/h8-10,12H,3-7,18H2,1-2H3. The lowest BCUT2D eigenvalue weighted by Crippen LogP contribution is -2.36. The van der Waals surface area contributed by atoms with Gasteiger partial charge in [0.1, 0.15) is 5.69 Å². The Morgan fingerprint density at radius 2 is 1.68 bits per heavy atom. The number of anilines is 2. The van der Waals surface area contributed by atoms with Crippen molar-refractivity contribution in [3.8, 4) is 0 Å². The molecule has 0 heterocycles. The molecule has 2 rings (SSSR count). The highest BCUT2D eigenvalue weighted by Crippen LogP contribution is 2.33. The van der Waals surface area contributed by atoms with Crippen molar-refractivity contribution in [2.24, 2.45) is 5.92 Å². The molecule has 0 saturated heterocycles. The van der Waals surface area contributed by atoms with Crippen molar-refractivity contribution in [3.63, 3.8) is 0 Å². The van der Waals surface area contributed by atoms with Crippen molar-refractivity contribution in [2.45, 2.75) is 45.1 Å². The van der Waals surface area contributed by atoms with Crippen LogP contribution in [0.1, 0.15) is 39.0 Å². The largest absolute Gasteiger partial charge is 0.399 e. The maximum Gasteiger partial charge on any atom is 0.151 e. The van der Waals surface area contributed by atoms with Gasteiger partial charge in [-0.1, -0.05) is 13.3 Å². The molecule has 1 aromatic carbocycles. The first kappa shape index (κ1) is 14.1. The smallest absolute Gasteiger partial charge is 0.151 e. The monoisotopic (exact) mass is 268 g/mol. The van der Waals surface area contributed by atoms with Gasteiger partial charge in [-0.05, 0) is 43.7 Å². The topological polar surface area (TPSA) is 29.3 Å². The Labute approximate surface area is 113 Å². The fourth-order valence-electron chi connectivity index (χ4n) is 3.05. The van der Waals surface area contributed by atoms with E-state index in [0.29, 0.717) is 0 Å². The van der Waals surface area contributed by atoms with Crippen LogP contribution in [0.2, 0.25) is 0 Å². The number of hydrogen-bond donors (Lipinski definition) is 1. The molecule has 0 radical (unpaired) electrons. The van der Waals surface area contributed by atoms with Gasteiger partial charge in [0, 0.05) is 18.8 Å². The zero-order valence-electron chi connectivity index (χ0n) is 11.6. The van der Waals surface area contributed by atoms with E-state index in [1.54, 1.807) is 11.9 Å². The lowest BCUT2D eigenvalue weighted by Gasteiger charge is -2.36. The molecule has 0 bridgehead atoms. The molecule has 0 unspecified atom stereocenters. The van der Waals surface area contributed by atoms with Gasteiger partial charge in [0.25, 0.3) is 0 Å². The van der Waals surface area contributed by atoms with E-state index in [1.807, 2.05) is 0 Å². The van der Waals surface area contributed by atoms with Crippen LogP contribution in [-0.4, -0.2) is 13.1 Å². The summed E-state index contributed by atoms with van der Waals surface area (Å²) < 4.78 is 27.8. The summed E-state index contributed by atoms with van der Waals surface area (Å²) in [6.07, 6.45) is 5.48. The summed E-state index contributed by atoms with van der Waals surface area (Å²) in [5, 5.41) is 0. The zero-order chi connectivity index (χ0) is 14.0. The van der Waals surface area contributed by atoms with Gasteiger partial charge >= 0.3 is 0 Å². The molecule has 1 aliphatic rings. The molecule has 1 aliphatic carbocycles. The van der Waals surface area contributed by atoms with Crippen LogP contribution in [0.25, 0.3) is 0 Å². The molecule has 0 amide bonds. The molecular formula is C15H22F2N2. The highest BCUT2D eigenvalue weighted by Gasteiger charge is 2.26. The van der Waals surface area contributed by atoms with E-state index in [1.165, 1.54) is 18.6 Å². The highest BCUT2D eigenvalue weighted by molar-refractivity contribution is 5.56. The second-order valence-electron chi connectivity index (χ2n) is 5.53. The molecule has 106 valence electrons. The molecule has 4 heteroatoms. The minimum Gasteiger partial charge on any atom is -0.399 e. The van der Waals surface area contributed by atoms with Crippen molar-refractivity contribution in [1.29, 1.82) is 0 Å². The van der Waals surface area contributed by atoms with Gasteiger partial charge in [-0.15, -0.1) is 0 Å². The Hall–Kier alpha value is -1.32. The van der Waals surface area contributed by atoms with Gasteiger partial charge in [0.15, 0.2) is 11.6 Å². The summed E-state index contributed by atoms with van der Waals surface area (Å²) in [6, 6.07) is 2.59. The van der Waals surface area contributed by atoms with Gasteiger partial charge in [-0.2, -0.15) is 0 Å². The van der Waals surface area contributed by atoms with E-state index in [2.05, 4.69) is 6.92 Å². The number of nitrogen functional groups attached to an aromatic ring is 1. The van der Waals surface area contributed by atoms with Crippen LogP contribution in [0.15, 0.2) is 12.1 Å². The van der Waals surface area contributed by atoms with Crippen LogP contribution in [0.4, 0.5) is 20.2 Å². The van der Waals surface area contributed by atoms with E-state index in [4.69, 9.17) is 5.73 Å². The Morgan fingerprint density at radius 1 is 1.16 bits per heavy atom. The van der Waals surface area contributed by atoms with Crippen LogP contribution < -0.4 is 10.6 Å². The average Bonchev–Trinajstić information content (AvgIpc) is 2.37. The Bertz CT molecular complexity index is 417. The molecule has 19 heavy (non-hydrogen) atoms. The molecule has 0 spiro atoms. The van der Waals surface area contributed by atoms with Gasteiger partial charge in [0.2, 0.25) is 0 Å². The van der Waals surface area contributed by atoms with Crippen LogP contribution in [-0.2, 0) is 0 Å². The molecule has 1 fully saturated rings. The van der Waals surface area contributed by atoms with Gasteiger partial charge in [-0.3, -0.25) is 0 Å². The molecular weight excluding hydrogens is 246 g/mol. The lowest BCUT2D eigenvalue weighted by atomic mass is 9.84. The first-order valence-corrected chi connectivity index (χ1v) is 7.00. The van der Waals surface area contributed by atoms with Crippen molar-refractivity contribution in [1.82, 2.24) is 0 Å². The third kappa shape index (κ3) is 2.99. The Balaban J connectivity index is 2.14. The summed E-state index contributed by atoms with van der Waals surface area (Å²) in [6.45, 7) is 2.20. The molecule has 0 aromatic heterocycles. The quantitative estimate of drug-likeness (QED) is 0.841. The Morgan fingerprint density at radius 3 is 2.16 bits per heavy atom. The normalized spacial score (nSPS) is 23.4. The average molecular weight is 268 g/mol. The molecule has 0 atom stereocenters. The van der Waals surface area contributed by atoms with Crippen LogP contribution >= 0.6 is 0 Å². The van der Waals surface area contributed by atoms with Crippen molar-refractivity contribution < 1.29 is 8.78 Å². The van der Waals surface area contributed by atoms with Gasteiger partial charge < -0.3 is 10.6 Å². The maximum absolute atomic E-state index is 13.9. The number of nitrogens with zero attached hydrogens (tertiary/aromatic N) is 1. The number of halogens is 2. The van der Waals surface area contributed by atoms with E-state index in [0.717, 1.165) is 31.6 Å². The second-order valence-corrected chi connectivity index (χ2v) is 5.53. The minimum atomic E-state index is -0.572. The van der Waals surface area contributed by atoms with Crippen molar-refractivity contribution in [2.75, 3.05) is 17.7 Å². The fraction of sp³-hybridized carbons (Fsp3) is 0.600. The SMILES string of the molecule is CCC1CCC(N(C)c2c(F)cc(N)cc2F)CC1. The van der Waals surface area contributed by atoms with E-state index in [9.17, 15) is 8.78 Å². The lowest BCUT2D eigenvalue weighted by molar-refractivity contribution is 0.311. The van der Waals surface area contributed by atoms with Crippen LogP contribution in [0, 0.1) is 17.6 Å². The van der Waals surface area contributed by atoms with E-state index in [-0.39, 0.29) is 17.4 Å². The molecule has 0 aliphatic heterocycles. The number of rotatable bonds is 3. The summed E-state index contributed by atoms with van der Waals surface area (Å²) in [4.78, 5) is 1.75. The number of hydrogen-bond acceptors (Lipinski definition) is 2. The predicted molar refractivity (Wildman–Crippen MR) is 75.2 cm³/mol. The summed E-state index contributed by atoms with van der Waals surface area (Å²) in [5.74, 6) is -0.374. The fourth-order valence-corrected chi connectivity index (χ4v) is 3.05. The van der Waals surface area contributed by atoms with Crippen LogP contribution in [0.3, 0.4) is 0 Å². The van der Waals surface area contributed by atoms with E-state index >= 15 is 0 Å². The first-order valence-electron chi connectivity index (χ1n) is 7.00. The van der Waals surface area contributed by atoms with Gasteiger partial charge in [-0.25, -0.2) is 8.78 Å². The summed E-state index contributed by atoms with van der Waals surface area (Å²) in [7, 11) is 1.77. The summed E-state index contributed by atoms with van der Waals surface area (Å²) >= 11 is 0.